The fraction of sp³-hybridized carbons (Fsp3) is 0.243. The summed E-state index contributed by atoms with van der Waals surface area (Å²) < 4.78 is 10.8. The Bertz CT molecular complexity index is 1900. The summed E-state index contributed by atoms with van der Waals surface area (Å²) in [5.41, 5.74) is 3.02. The third-order valence-electron chi connectivity index (χ3n) is 7.90. The van der Waals surface area contributed by atoms with Crippen molar-refractivity contribution in [2.24, 2.45) is 5.92 Å². The molecular weight excluding hydrogens is 645 g/mol. The van der Waals surface area contributed by atoms with Crippen molar-refractivity contribution in [3.8, 4) is 17.6 Å². The van der Waals surface area contributed by atoms with Crippen LogP contribution in [0, 0.1) is 17.2 Å². The molecule has 0 radical (unpaired) electrons. The number of carbonyl (C=O) groups is 3. The molecule has 3 N–H and O–H groups in total. The monoisotopic (exact) mass is 680 g/mol. The second-order valence-corrected chi connectivity index (χ2v) is 13.9. The molecule has 1 aliphatic rings. The van der Waals surface area contributed by atoms with Crippen LogP contribution in [-0.2, 0) is 22.4 Å². The standard InChI is InChI=1S/C37H36N4O5S2/c1-22-13-15-29-30(21-38)37(48-33(29)17-22)41-34(42)23(2)47-28-12-8-11-26(20-28)39-36(44)31(40-35(43)24-9-6-5-7-10-24)19-25-18-27(45-3)14-16-32(25)46-4/h5-12,14,16,18-20,22-23H,13,15,17H2,1-4H3,(H,39,44)(H,40,43)(H,41,42)/b31-19+. The second kappa shape index (κ2) is 15.7. The van der Waals surface area contributed by atoms with E-state index in [1.54, 1.807) is 73.7 Å². The number of hydrogen-bond donors (Lipinski definition) is 3. The Morgan fingerprint density at radius 3 is 2.54 bits per heavy atom. The van der Waals surface area contributed by atoms with Gasteiger partial charge in [0.25, 0.3) is 11.8 Å². The van der Waals surface area contributed by atoms with Gasteiger partial charge in [-0.2, -0.15) is 5.26 Å². The normalized spacial score (nSPS) is 14.6. The Morgan fingerprint density at radius 2 is 1.81 bits per heavy atom. The maximum absolute atomic E-state index is 13.7. The van der Waals surface area contributed by atoms with E-state index in [1.807, 2.05) is 6.07 Å². The molecular formula is C37H36N4O5S2. The third-order valence-corrected chi connectivity index (χ3v) is 10.2. The number of hydrogen-bond acceptors (Lipinski definition) is 8. The van der Waals surface area contributed by atoms with E-state index in [-0.39, 0.29) is 11.6 Å². The molecule has 4 aromatic rings. The van der Waals surface area contributed by atoms with Crippen LogP contribution in [0.2, 0.25) is 0 Å². The third kappa shape index (κ3) is 8.26. The number of nitrogens with zero attached hydrogens (tertiary/aromatic N) is 1. The molecule has 0 spiro atoms. The first-order chi connectivity index (χ1) is 23.2. The molecule has 0 fully saturated rings. The van der Waals surface area contributed by atoms with E-state index in [2.05, 4.69) is 28.9 Å². The first-order valence-corrected chi connectivity index (χ1v) is 17.1. The summed E-state index contributed by atoms with van der Waals surface area (Å²) >= 11 is 2.83. The summed E-state index contributed by atoms with van der Waals surface area (Å²) in [6, 6.07) is 23.2. The van der Waals surface area contributed by atoms with Crippen molar-refractivity contribution in [1.82, 2.24) is 5.32 Å². The molecule has 1 aromatic heterocycles. The van der Waals surface area contributed by atoms with Crippen molar-refractivity contribution in [2.75, 3.05) is 24.9 Å². The summed E-state index contributed by atoms with van der Waals surface area (Å²) in [5, 5.41) is 18.5. The molecule has 3 amide bonds. The summed E-state index contributed by atoms with van der Waals surface area (Å²) in [4.78, 5) is 42.0. The van der Waals surface area contributed by atoms with Crippen LogP contribution >= 0.6 is 23.1 Å². The predicted molar refractivity (Wildman–Crippen MR) is 191 cm³/mol. The lowest BCUT2D eigenvalue weighted by Crippen LogP contribution is -2.30. The largest absolute Gasteiger partial charge is 0.497 e. The Kier molecular flexibility index (Phi) is 11.2. The van der Waals surface area contributed by atoms with Gasteiger partial charge in [-0.1, -0.05) is 31.2 Å². The van der Waals surface area contributed by atoms with Gasteiger partial charge in [-0.15, -0.1) is 23.1 Å². The van der Waals surface area contributed by atoms with Crippen LogP contribution in [0.1, 0.15) is 52.2 Å². The number of ether oxygens (including phenoxy) is 2. The average Bonchev–Trinajstić information content (AvgIpc) is 3.43. The van der Waals surface area contributed by atoms with E-state index < -0.39 is 17.1 Å². The van der Waals surface area contributed by atoms with E-state index >= 15 is 0 Å². The van der Waals surface area contributed by atoms with E-state index in [1.165, 1.54) is 48.3 Å². The van der Waals surface area contributed by atoms with E-state index in [0.29, 0.717) is 44.8 Å². The van der Waals surface area contributed by atoms with Gasteiger partial charge in [0.1, 0.15) is 28.3 Å². The van der Waals surface area contributed by atoms with Crippen molar-refractivity contribution in [2.45, 2.75) is 43.3 Å². The minimum absolute atomic E-state index is 0.0115. The number of carbonyl (C=O) groups excluding carboxylic acids is 3. The number of nitriles is 1. The number of nitrogens with one attached hydrogen (secondary N) is 3. The second-order valence-electron chi connectivity index (χ2n) is 11.4. The average molecular weight is 681 g/mol. The lowest BCUT2D eigenvalue weighted by atomic mass is 9.89. The molecule has 0 aliphatic heterocycles. The molecule has 2 atom stereocenters. The van der Waals surface area contributed by atoms with E-state index in [4.69, 9.17) is 9.47 Å². The lowest BCUT2D eigenvalue weighted by molar-refractivity contribution is -0.115. The summed E-state index contributed by atoms with van der Waals surface area (Å²) in [6.07, 6.45) is 4.35. The Hall–Kier alpha value is -5.05. The van der Waals surface area contributed by atoms with Gasteiger partial charge in [-0.25, -0.2) is 0 Å². The predicted octanol–water partition coefficient (Wildman–Crippen LogP) is 7.29. The molecule has 48 heavy (non-hydrogen) atoms. The molecule has 3 aromatic carbocycles. The molecule has 246 valence electrons. The molecule has 11 heteroatoms. The topological polar surface area (TPSA) is 130 Å². The van der Waals surface area contributed by atoms with Gasteiger partial charge in [0.05, 0.1) is 25.0 Å². The van der Waals surface area contributed by atoms with Gasteiger partial charge in [0.15, 0.2) is 0 Å². The fourth-order valence-corrected chi connectivity index (χ4v) is 7.61. The molecule has 0 saturated carbocycles. The van der Waals surface area contributed by atoms with Crippen molar-refractivity contribution >= 4 is 57.6 Å². The summed E-state index contributed by atoms with van der Waals surface area (Å²) in [7, 11) is 3.05. The van der Waals surface area contributed by atoms with Gasteiger partial charge < -0.3 is 25.4 Å². The summed E-state index contributed by atoms with van der Waals surface area (Å²) in [5.74, 6) is 0.375. The van der Waals surface area contributed by atoms with E-state index in [0.717, 1.165) is 29.7 Å². The Balaban J connectivity index is 1.32. The Morgan fingerprint density at radius 1 is 1.02 bits per heavy atom. The zero-order chi connectivity index (χ0) is 34.2. The molecule has 9 nitrogen and oxygen atoms in total. The van der Waals surface area contributed by atoms with Gasteiger partial charge in [0.2, 0.25) is 5.91 Å². The smallest absolute Gasteiger partial charge is 0.272 e. The van der Waals surface area contributed by atoms with Crippen LogP contribution in [0.15, 0.2) is 83.4 Å². The molecule has 1 heterocycles. The molecule has 0 bridgehead atoms. The summed E-state index contributed by atoms with van der Waals surface area (Å²) in [6.45, 7) is 4.01. The maximum atomic E-state index is 13.7. The van der Waals surface area contributed by atoms with Crippen LogP contribution in [0.3, 0.4) is 0 Å². The first kappa shape index (κ1) is 34.3. The highest BCUT2D eigenvalue weighted by atomic mass is 32.2. The van der Waals surface area contributed by atoms with Gasteiger partial charge in [-0.05, 0) is 92.3 Å². The number of amides is 3. The minimum Gasteiger partial charge on any atom is -0.497 e. The van der Waals surface area contributed by atoms with Gasteiger partial charge >= 0.3 is 0 Å². The van der Waals surface area contributed by atoms with Crippen LogP contribution < -0.4 is 25.4 Å². The number of thioether (sulfide) groups is 1. The fourth-order valence-electron chi connectivity index (χ4n) is 5.32. The maximum Gasteiger partial charge on any atom is 0.272 e. The van der Waals surface area contributed by atoms with Crippen LogP contribution in [0.5, 0.6) is 11.5 Å². The quantitative estimate of drug-likeness (QED) is 0.112. The number of fused-ring (bicyclic) bond motifs is 1. The van der Waals surface area contributed by atoms with Crippen LogP contribution in [0.4, 0.5) is 10.7 Å². The van der Waals surface area contributed by atoms with Crippen molar-refractivity contribution < 1.29 is 23.9 Å². The molecule has 2 unspecified atom stereocenters. The van der Waals surface area contributed by atoms with Crippen LogP contribution in [0.25, 0.3) is 6.08 Å². The first-order valence-electron chi connectivity index (χ1n) is 15.4. The highest BCUT2D eigenvalue weighted by molar-refractivity contribution is 8.00. The highest BCUT2D eigenvalue weighted by Gasteiger charge is 2.26. The minimum atomic E-state index is -0.558. The van der Waals surface area contributed by atoms with Gasteiger partial charge in [0, 0.05) is 26.6 Å². The SMILES string of the molecule is COc1ccc(OC)c(/C=C(/NC(=O)c2ccccc2)C(=O)Nc2cccc(SC(C)C(=O)Nc3sc4c(c3C#N)CCC(C)C4)c2)c1. The molecule has 1 aliphatic carbocycles. The molecule has 0 saturated heterocycles. The molecule has 5 rings (SSSR count). The number of benzene rings is 3. The van der Waals surface area contributed by atoms with Crippen molar-refractivity contribution in [1.29, 1.82) is 5.26 Å². The van der Waals surface area contributed by atoms with E-state index in [9.17, 15) is 19.6 Å². The highest BCUT2D eigenvalue weighted by Crippen LogP contribution is 2.39. The van der Waals surface area contributed by atoms with Crippen molar-refractivity contribution in [3.63, 3.8) is 0 Å². The number of anilines is 2. The number of rotatable bonds is 11. The van der Waals surface area contributed by atoms with Crippen LogP contribution in [-0.4, -0.2) is 37.2 Å². The number of methoxy groups -OCH3 is 2. The van der Waals surface area contributed by atoms with Gasteiger partial charge in [-0.3, -0.25) is 14.4 Å². The lowest BCUT2D eigenvalue weighted by Gasteiger charge is -2.17. The Labute approximate surface area is 288 Å². The van der Waals surface area contributed by atoms with Crippen molar-refractivity contribution in [3.05, 3.63) is 106 Å². The zero-order valence-electron chi connectivity index (χ0n) is 27.1. The zero-order valence-corrected chi connectivity index (χ0v) is 28.7. The number of thiophene rings is 1.